The van der Waals surface area contributed by atoms with Crippen LogP contribution in [0.1, 0.15) is 42.4 Å². The van der Waals surface area contributed by atoms with Crippen molar-refractivity contribution in [1.29, 1.82) is 5.26 Å². The molecule has 2 bridgehead atoms. The van der Waals surface area contributed by atoms with E-state index in [2.05, 4.69) is 52.3 Å². The first-order valence-electron chi connectivity index (χ1n) is 11.3. The Labute approximate surface area is 179 Å². The molecule has 0 unspecified atom stereocenters. The molecular weight excluding hydrogens is 370 g/mol. The van der Waals surface area contributed by atoms with E-state index < -0.39 is 0 Å². The van der Waals surface area contributed by atoms with Crippen LogP contribution in [0.15, 0.2) is 54.6 Å². The minimum atomic E-state index is 0.287. The van der Waals surface area contributed by atoms with Gasteiger partial charge in [0.05, 0.1) is 11.6 Å². The van der Waals surface area contributed by atoms with Gasteiger partial charge in [-0.2, -0.15) is 5.26 Å². The number of piperidine rings is 3. The Balaban J connectivity index is 1.42. The highest BCUT2D eigenvalue weighted by Gasteiger charge is 2.49. The van der Waals surface area contributed by atoms with Gasteiger partial charge in [0.2, 0.25) is 5.91 Å². The molecule has 4 atom stereocenters. The Morgan fingerprint density at radius 2 is 1.77 bits per heavy atom. The highest BCUT2D eigenvalue weighted by molar-refractivity contribution is 5.78. The SMILES string of the molecule is N#Cc1ccccc1CN1C[C@H]2C[C@@H](C1)[C@H](Cc1ccccc1)N1C(=O)CCC[C@@H]21. The number of hydrogen-bond acceptors (Lipinski definition) is 3. The molecule has 3 fully saturated rings. The highest BCUT2D eigenvalue weighted by Crippen LogP contribution is 2.42. The van der Waals surface area contributed by atoms with E-state index in [9.17, 15) is 10.1 Å². The maximum atomic E-state index is 13.0. The molecule has 0 aliphatic carbocycles. The van der Waals surface area contributed by atoms with Gasteiger partial charge in [-0.05, 0) is 54.7 Å². The van der Waals surface area contributed by atoms with Gasteiger partial charge < -0.3 is 4.90 Å². The fourth-order valence-corrected chi connectivity index (χ4v) is 6.13. The number of carbonyl (C=O) groups excluding carboxylic acids is 1. The highest BCUT2D eigenvalue weighted by atomic mass is 16.2. The summed E-state index contributed by atoms with van der Waals surface area (Å²) in [6.45, 7) is 2.86. The van der Waals surface area contributed by atoms with E-state index in [1.807, 2.05) is 18.2 Å². The van der Waals surface area contributed by atoms with Gasteiger partial charge in [0.15, 0.2) is 0 Å². The molecule has 3 saturated heterocycles. The van der Waals surface area contributed by atoms with Crippen LogP contribution in [0.3, 0.4) is 0 Å². The van der Waals surface area contributed by atoms with E-state index in [0.29, 0.717) is 30.2 Å². The van der Waals surface area contributed by atoms with Crippen molar-refractivity contribution in [1.82, 2.24) is 9.80 Å². The maximum absolute atomic E-state index is 13.0. The molecule has 3 aliphatic rings. The number of nitrogens with zero attached hydrogens (tertiary/aromatic N) is 3. The number of amides is 1. The van der Waals surface area contributed by atoms with Gasteiger partial charge in [0.25, 0.3) is 0 Å². The minimum absolute atomic E-state index is 0.287. The summed E-state index contributed by atoms with van der Waals surface area (Å²) in [6, 6.07) is 21.6. The lowest BCUT2D eigenvalue weighted by molar-refractivity contribution is -0.152. The molecule has 30 heavy (non-hydrogen) atoms. The van der Waals surface area contributed by atoms with E-state index >= 15 is 0 Å². The van der Waals surface area contributed by atoms with Crippen LogP contribution < -0.4 is 0 Å². The third-order valence-corrected chi connectivity index (χ3v) is 7.39. The van der Waals surface area contributed by atoms with Crippen LogP contribution in [0.5, 0.6) is 0 Å². The number of nitriles is 1. The first-order valence-corrected chi connectivity index (χ1v) is 11.3. The summed E-state index contributed by atoms with van der Waals surface area (Å²) in [5, 5.41) is 9.49. The van der Waals surface area contributed by atoms with Gasteiger partial charge >= 0.3 is 0 Å². The first-order chi connectivity index (χ1) is 14.7. The van der Waals surface area contributed by atoms with Crippen molar-refractivity contribution in [2.45, 2.75) is 50.7 Å². The molecular formula is C26H29N3O. The van der Waals surface area contributed by atoms with Crippen molar-refractivity contribution in [2.24, 2.45) is 11.8 Å². The molecule has 4 nitrogen and oxygen atoms in total. The fraction of sp³-hybridized carbons (Fsp3) is 0.462. The Morgan fingerprint density at radius 1 is 1.00 bits per heavy atom. The molecule has 3 aliphatic heterocycles. The number of likely N-dealkylation sites (tertiary alicyclic amines) is 1. The zero-order valence-electron chi connectivity index (χ0n) is 17.4. The first kappa shape index (κ1) is 19.3. The van der Waals surface area contributed by atoms with E-state index in [4.69, 9.17) is 0 Å². The number of hydrogen-bond donors (Lipinski definition) is 0. The summed E-state index contributed by atoms with van der Waals surface area (Å²) in [5.41, 5.74) is 3.23. The predicted molar refractivity (Wildman–Crippen MR) is 116 cm³/mol. The van der Waals surface area contributed by atoms with Gasteiger partial charge in [0, 0.05) is 38.1 Å². The molecule has 0 radical (unpaired) electrons. The molecule has 1 amide bonds. The van der Waals surface area contributed by atoms with Crippen LogP contribution in [0, 0.1) is 23.2 Å². The van der Waals surface area contributed by atoms with Gasteiger partial charge in [-0.25, -0.2) is 0 Å². The van der Waals surface area contributed by atoms with Crippen LogP contribution in [0.2, 0.25) is 0 Å². The summed E-state index contributed by atoms with van der Waals surface area (Å²) in [7, 11) is 0. The van der Waals surface area contributed by atoms with Crippen molar-refractivity contribution in [3.05, 3.63) is 71.3 Å². The van der Waals surface area contributed by atoms with Gasteiger partial charge in [-0.1, -0.05) is 48.5 Å². The number of benzene rings is 2. The maximum Gasteiger partial charge on any atom is 0.223 e. The van der Waals surface area contributed by atoms with Crippen molar-refractivity contribution < 1.29 is 4.79 Å². The second-order valence-corrected chi connectivity index (χ2v) is 9.24. The van der Waals surface area contributed by atoms with E-state index in [1.54, 1.807) is 0 Å². The molecule has 0 aromatic heterocycles. The Bertz CT molecular complexity index is 950. The Hall–Kier alpha value is -2.64. The van der Waals surface area contributed by atoms with Crippen LogP contribution in [-0.2, 0) is 17.8 Å². The lowest BCUT2D eigenvalue weighted by Gasteiger charge is -2.57. The van der Waals surface area contributed by atoms with Gasteiger partial charge in [-0.15, -0.1) is 0 Å². The van der Waals surface area contributed by atoms with E-state index in [1.165, 1.54) is 12.0 Å². The third kappa shape index (κ3) is 3.63. The van der Waals surface area contributed by atoms with Crippen molar-refractivity contribution >= 4 is 5.91 Å². The van der Waals surface area contributed by atoms with Crippen LogP contribution in [0.25, 0.3) is 0 Å². The van der Waals surface area contributed by atoms with Crippen molar-refractivity contribution in [2.75, 3.05) is 13.1 Å². The molecule has 154 valence electrons. The quantitative estimate of drug-likeness (QED) is 0.781. The zero-order valence-corrected chi connectivity index (χ0v) is 17.4. The molecule has 0 N–H and O–H groups in total. The summed E-state index contributed by atoms with van der Waals surface area (Å²) in [6.07, 6.45) is 5.04. The summed E-state index contributed by atoms with van der Waals surface area (Å²) >= 11 is 0. The van der Waals surface area contributed by atoms with Gasteiger partial charge in [0.1, 0.15) is 0 Å². The minimum Gasteiger partial charge on any atom is -0.336 e. The zero-order chi connectivity index (χ0) is 20.5. The fourth-order valence-electron chi connectivity index (χ4n) is 6.13. The topological polar surface area (TPSA) is 47.3 Å². The molecule has 0 spiro atoms. The largest absolute Gasteiger partial charge is 0.336 e. The number of fused-ring (bicyclic) bond motifs is 4. The average molecular weight is 400 g/mol. The van der Waals surface area contributed by atoms with Crippen molar-refractivity contribution in [3.8, 4) is 6.07 Å². The lowest BCUT2D eigenvalue weighted by Crippen LogP contribution is -2.65. The van der Waals surface area contributed by atoms with E-state index in [0.717, 1.165) is 50.0 Å². The summed E-state index contributed by atoms with van der Waals surface area (Å²) < 4.78 is 0. The van der Waals surface area contributed by atoms with E-state index in [-0.39, 0.29) is 6.04 Å². The standard InChI is InChI=1S/C26H29N3O/c27-15-20-9-4-5-10-21(20)16-28-17-22-14-23(18-28)25(13-19-7-2-1-3-8-19)29-24(22)11-6-12-26(29)30/h1-5,7-10,22-25H,6,11-14,16-18H2/t22-,23+,24+,25+/m1/s1. The number of carbonyl (C=O) groups is 1. The molecule has 3 heterocycles. The third-order valence-electron chi connectivity index (χ3n) is 7.39. The molecule has 0 saturated carbocycles. The normalized spacial score (nSPS) is 28.6. The second kappa shape index (κ2) is 8.24. The summed E-state index contributed by atoms with van der Waals surface area (Å²) in [4.78, 5) is 17.8. The lowest BCUT2D eigenvalue weighted by atomic mass is 9.70. The molecule has 4 heteroatoms. The van der Waals surface area contributed by atoms with Crippen LogP contribution >= 0.6 is 0 Å². The average Bonchev–Trinajstić information content (AvgIpc) is 2.78. The Morgan fingerprint density at radius 3 is 2.60 bits per heavy atom. The summed E-state index contributed by atoms with van der Waals surface area (Å²) in [5.74, 6) is 1.41. The van der Waals surface area contributed by atoms with Gasteiger partial charge in [-0.3, -0.25) is 9.69 Å². The monoisotopic (exact) mass is 399 g/mol. The smallest absolute Gasteiger partial charge is 0.223 e. The predicted octanol–water partition coefficient (Wildman–Crippen LogP) is 4.00. The molecule has 5 rings (SSSR count). The number of rotatable bonds is 4. The second-order valence-electron chi connectivity index (χ2n) is 9.24. The van der Waals surface area contributed by atoms with Crippen LogP contribution in [-0.4, -0.2) is 40.9 Å². The van der Waals surface area contributed by atoms with Crippen LogP contribution in [0.4, 0.5) is 0 Å². The van der Waals surface area contributed by atoms with Crippen molar-refractivity contribution in [3.63, 3.8) is 0 Å². The molecule has 2 aromatic carbocycles. The molecule has 2 aromatic rings. The Kier molecular flexibility index (Phi) is 5.31.